The number of ketones is 3. The highest BCUT2D eigenvalue weighted by Crippen LogP contribution is 2.36. The summed E-state index contributed by atoms with van der Waals surface area (Å²) in [6.45, 7) is 3.51. The van der Waals surface area contributed by atoms with Crippen molar-refractivity contribution in [3.05, 3.63) is 33.8 Å². The molecule has 0 aromatic heterocycles. The molecule has 0 spiro atoms. The van der Waals surface area contributed by atoms with E-state index in [0.717, 1.165) is 0 Å². The van der Waals surface area contributed by atoms with Crippen molar-refractivity contribution in [2.75, 3.05) is 0 Å². The van der Waals surface area contributed by atoms with Crippen LogP contribution in [0.25, 0.3) is 0 Å². The van der Waals surface area contributed by atoms with Crippen molar-refractivity contribution < 1.29 is 14.4 Å². The lowest BCUT2D eigenvalue weighted by atomic mass is 9.68. The standard InChI is InChI=1S/C15H14Cl2O3/c1-15(2)6-5-11(18)12(14(15)20)13(19)9-4-3-8(16)7-10(9)17/h3-4,7,12H,5-6H2,1-2H3. The molecule has 0 bridgehead atoms. The van der Waals surface area contributed by atoms with Crippen LogP contribution in [0.5, 0.6) is 0 Å². The van der Waals surface area contributed by atoms with Gasteiger partial charge in [-0.1, -0.05) is 37.0 Å². The maximum atomic E-state index is 12.5. The Morgan fingerprint density at radius 3 is 2.50 bits per heavy atom. The number of hydrogen-bond acceptors (Lipinski definition) is 3. The Kier molecular flexibility index (Phi) is 4.03. The molecule has 0 heterocycles. The van der Waals surface area contributed by atoms with Crippen molar-refractivity contribution >= 4 is 40.6 Å². The van der Waals surface area contributed by atoms with Gasteiger partial charge in [0.25, 0.3) is 0 Å². The summed E-state index contributed by atoms with van der Waals surface area (Å²) >= 11 is 11.8. The molecule has 5 heteroatoms. The van der Waals surface area contributed by atoms with E-state index in [1.165, 1.54) is 18.2 Å². The van der Waals surface area contributed by atoms with Crippen LogP contribution in [0.15, 0.2) is 18.2 Å². The molecule has 1 atom stereocenters. The highest BCUT2D eigenvalue weighted by molar-refractivity contribution is 6.38. The smallest absolute Gasteiger partial charge is 0.182 e. The second-order valence-electron chi connectivity index (χ2n) is 5.64. The van der Waals surface area contributed by atoms with Crippen molar-refractivity contribution in [1.82, 2.24) is 0 Å². The third kappa shape index (κ3) is 2.65. The highest BCUT2D eigenvalue weighted by atomic mass is 35.5. The number of benzene rings is 1. The first-order chi connectivity index (χ1) is 9.24. The zero-order chi connectivity index (χ0) is 15.1. The summed E-state index contributed by atoms with van der Waals surface area (Å²) in [5.41, 5.74) is -0.492. The van der Waals surface area contributed by atoms with Gasteiger partial charge in [-0.05, 0) is 24.6 Å². The van der Waals surface area contributed by atoms with Crippen molar-refractivity contribution in [2.45, 2.75) is 26.7 Å². The van der Waals surface area contributed by atoms with E-state index in [1.807, 2.05) is 0 Å². The Morgan fingerprint density at radius 1 is 1.25 bits per heavy atom. The molecule has 0 N–H and O–H groups in total. The van der Waals surface area contributed by atoms with Crippen LogP contribution in [-0.4, -0.2) is 17.3 Å². The molecule has 1 aromatic rings. The van der Waals surface area contributed by atoms with Crippen LogP contribution in [-0.2, 0) is 9.59 Å². The molecule has 1 aliphatic carbocycles. The van der Waals surface area contributed by atoms with Gasteiger partial charge < -0.3 is 0 Å². The molecule has 1 unspecified atom stereocenters. The number of hydrogen-bond donors (Lipinski definition) is 0. The molecule has 1 fully saturated rings. The van der Waals surface area contributed by atoms with Crippen molar-refractivity contribution in [3.8, 4) is 0 Å². The van der Waals surface area contributed by atoms with E-state index in [0.29, 0.717) is 11.4 Å². The molecule has 0 amide bonds. The fourth-order valence-corrected chi connectivity index (χ4v) is 2.85. The predicted octanol–water partition coefficient (Wildman–Crippen LogP) is 3.75. The molecule has 1 aliphatic rings. The molecule has 0 aliphatic heterocycles. The average Bonchev–Trinajstić information content (AvgIpc) is 2.35. The topological polar surface area (TPSA) is 51.2 Å². The summed E-state index contributed by atoms with van der Waals surface area (Å²) in [5.74, 6) is -2.43. The monoisotopic (exact) mass is 312 g/mol. The van der Waals surface area contributed by atoms with E-state index >= 15 is 0 Å². The minimum Gasteiger partial charge on any atom is -0.298 e. The predicted molar refractivity (Wildman–Crippen MR) is 77.3 cm³/mol. The molecular formula is C15H14Cl2O3. The van der Waals surface area contributed by atoms with E-state index in [1.54, 1.807) is 13.8 Å². The molecule has 0 saturated heterocycles. The van der Waals surface area contributed by atoms with E-state index in [-0.39, 0.29) is 28.6 Å². The molecule has 20 heavy (non-hydrogen) atoms. The lowest BCUT2D eigenvalue weighted by molar-refractivity contribution is -0.140. The largest absolute Gasteiger partial charge is 0.298 e. The first-order valence-electron chi connectivity index (χ1n) is 6.30. The Hall–Kier alpha value is -1.19. The SMILES string of the molecule is CC1(C)CCC(=O)C(C(=O)c2ccc(Cl)cc2Cl)C1=O. The summed E-state index contributed by atoms with van der Waals surface area (Å²) in [7, 11) is 0. The summed E-state index contributed by atoms with van der Waals surface area (Å²) in [4.78, 5) is 36.8. The zero-order valence-corrected chi connectivity index (χ0v) is 12.7. The van der Waals surface area contributed by atoms with Gasteiger partial charge in [0.1, 0.15) is 5.92 Å². The van der Waals surface area contributed by atoms with Crippen LogP contribution in [0.2, 0.25) is 10.0 Å². The quantitative estimate of drug-likeness (QED) is 0.617. The number of carbonyl (C=O) groups excluding carboxylic acids is 3. The van der Waals surface area contributed by atoms with Crippen LogP contribution in [0.4, 0.5) is 0 Å². The van der Waals surface area contributed by atoms with Gasteiger partial charge in [-0.2, -0.15) is 0 Å². The maximum absolute atomic E-state index is 12.5. The second kappa shape index (κ2) is 5.30. The van der Waals surface area contributed by atoms with E-state index < -0.39 is 17.1 Å². The highest BCUT2D eigenvalue weighted by Gasteiger charge is 2.46. The molecule has 1 saturated carbocycles. The number of Topliss-reactive ketones (excluding diaryl/α,β-unsaturated/α-hetero) is 3. The van der Waals surface area contributed by atoms with Gasteiger partial charge in [-0.25, -0.2) is 0 Å². The Bertz CT molecular complexity index is 605. The fourth-order valence-electron chi connectivity index (χ4n) is 2.35. The molecule has 0 radical (unpaired) electrons. The first kappa shape index (κ1) is 15.2. The summed E-state index contributed by atoms with van der Waals surface area (Å²) in [5, 5.41) is 0.555. The van der Waals surface area contributed by atoms with Gasteiger partial charge in [0, 0.05) is 22.4 Å². The first-order valence-corrected chi connectivity index (χ1v) is 7.06. The summed E-state index contributed by atoms with van der Waals surface area (Å²) in [6, 6.07) is 4.40. The van der Waals surface area contributed by atoms with Crippen molar-refractivity contribution in [2.24, 2.45) is 11.3 Å². The van der Waals surface area contributed by atoms with Crippen LogP contribution in [0.1, 0.15) is 37.0 Å². The van der Waals surface area contributed by atoms with Crippen LogP contribution >= 0.6 is 23.2 Å². The number of rotatable bonds is 2. The lowest BCUT2D eigenvalue weighted by Gasteiger charge is -2.31. The van der Waals surface area contributed by atoms with E-state index in [2.05, 4.69) is 0 Å². The van der Waals surface area contributed by atoms with Gasteiger partial charge in [0.05, 0.1) is 5.02 Å². The third-order valence-corrected chi connectivity index (χ3v) is 4.25. The normalized spacial score (nSPS) is 21.9. The minimum absolute atomic E-state index is 0.159. The second-order valence-corrected chi connectivity index (χ2v) is 6.48. The Balaban J connectivity index is 2.41. The summed E-state index contributed by atoms with van der Waals surface area (Å²) in [6.07, 6.45) is 0.711. The average molecular weight is 313 g/mol. The molecule has 106 valence electrons. The molecular weight excluding hydrogens is 299 g/mol. The molecule has 3 nitrogen and oxygen atoms in total. The van der Waals surface area contributed by atoms with Crippen LogP contribution < -0.4 is 0 Å². The Labute approximate surface area is 127 Å². The zero-order valence-electron chi connectivity index (χ0n) is 11.2. The van der Waals surface area contributed by atoms with Gasteiger partial charge in [-0.15, -0.1) is 0 Å². The van der Waals surface area contributed by atoms with Crippen LogP contribution in [0, 0.1) is 11.3 Å². The van der Waals surface area contributed by atoms with Gasteiger partial charge in [-0.3, -0.25) is 14.4 Å². The molecule has 2 rings (SSSR count). The van der Waals surface area contributed by atoms with E-state index in [4.69, 9.17) is 23.2 Å². The maximum Gasteiger partial charge on any atom is 0.182 e. The fraction of sp³-hybridized carbons (Fsp3) is 0.400. The third-order valence-electron chi connectivity index (χ3n) is 3.71. The van der Waals surface area contributed by atoms with Crippen LogP contribution in [0.3, 0.4) is 0 Å². The number of carbonyl (C=O) groups is 3. The van der Waals surface area contributed by atoms with Crippen molar-refractivity contribution in [1.29, 1.82) is 0 Å². The molecule has 1 aromatic carbocycles. The lowest BCUT2D eigenvalue weighted by Crippen LogP contribution is -2.44. The minimum atomic E-state index is -1.24. The Morgan fingerprint density at radius 2 is 1.90 bits per heavy atom. The number of halogens is 2. The van der Waals surface area contributed by atoms with Gasteiger partial charge in [0.15, 0.2) is 17.3 Å². The summed E-state index contributed by atoms with van der Waals surface area (Å²) < 4.78 is 0. The van der Waals surface area contributed by atoms with Gasteiger partial charge in [0.2, 0.25) is 0 Å². The van der Waals surface area contributed by atoms with Crippen molar-refractivity contribution in [3.63, 3.8) is 0 Å². The van der Waals surface area contributed by atoms with Gasteiger partial charge >= 0.3 is 0 Å². The van der Waals surface area contributed by atoms with E-state index in [9.17, 15) is 14.4 Å².